The zero-order valence-electron chi connectivity index (χ0n) is 16.8. The smallest absolute Gasteiger partial charge is 0.265 e. The van der Waals surface area contributed by atoms with E-state index in [2.05, 4.69) is 11.0 Å². The van der Waals surface area contributed by atoms with Crippen molar-refractivity contribution in [1.82, 2.24) is 4.90 Å². The Kier molecular flexibility index (Phi) is 6.11. The van der Waals surface area contributed by atoms with E-state index in [4.69, 9.17) is 21.1 Å². The van der Waals surface area contributed by atoms with Gasteiger partial charge in [-0.2, -0.15) is 0 Å². The first-order valence-electron chi connectivity index (χ1n) is 9.90. The number of para-hydroxylation sites is 1. The van der Waals surface area contributed by atoms with Gasteiger partial charge in [-0.3, -0.25) is 14.5 Å². The molecule has 4 rings (SSSR count). The number of rotatable bonds is 5. The normalized spacial score (nSPS) is 16.1. The van der Waals surface area contributed by atoms with Crippen LogP contribution in [0.25, 0.3) is 0 Å². The molecule has 0 aliphatic carbocycles. The molecular formula is C22H24ClN3O4. The largest absolute Gasteiger partial charge is 0.482 e. The monoisotopic (exact) mass is 429 g/mol. The minimum atomic E-state index is -0.264. The lowest BCUT2D eigenvalue weighted by atomic mass is 10.1. The Morgan fingerprint density at radius 3 is 2.70 bits per heavy atom. The third-order valence-corrected chi connectivity index (χ3v) is 5.57. The van der Waals surface area contributed by atoms with Gasteiger partial charge in [0.25, 0.3) is 5.91 Å². The predicted molar refractivity (Wildman–Crippen MR) is 115 cm³/mol. The molecule has 0 unspecified atom stereocenters. The van der Waals surface area contributed by atoms with Gasteiger partial charge in [0.1, 0.15) is 12.3 Å². The molecule has 8 heteroatoms. The lowest BCUT2D eigenvalue weighted by Crippen LogP contribution is -2.45. The van der Waals surface area contributed by atoms with Crippen LogP contribution in [0.2, 0.25) is 5.02 Å². The van der Waals surface area contributed by atoms with Crippen molar-refractivity contribution in [1.29, 1.82) is 0 Å². The molecule has 2 aromatic carbocycles. The predicted octanol–water partition coefficient (Wildman–Crippen LogP) is 2.56. The van der Waals surface area contributed by atoms with Crippen molar-refractivity contribution in [3.05, 3.63) is 53.1 Å². The average molecular weight is 430 g/mol. The van der Waals surface area contributed by atoms with Crippen LogP contribution in [0, 0.1) is 0 Å². The molecule has 7 nitrogen and oxygen atoms in total. The summed E-state index contributed by atoms with van der Waals surface area (Å²) in [5.41, 5.74) is 2.70. The van der Waals surface area contributed by atoms with Gasteiger partial charge in [0.2, 0.25) is 5.91 Å². The first kappa shape index (κ1) is 20.5. The van der Waals surface area contributed by atoms with Gasteiger partial charge in [-0.05, 0) is 29.8 Å². The van der Waals surface area contributed by atoms with Crippen molar-refractivity contribution >= 4 is 34.8 Å². The van der Waals surface area contributed by atoms with Gasteiger partial charge in [-0.15, -0.1) is 0 Å². The van der Waals surface area contributed by atoms with Gasteiger partial charge >= 0.3 is 0 Å². The minimum absolute atomic E-state index is 0.0637. The van der Waals surface area contributed by atoms with Crippen LogP contribution in [0.5, 0.6) is 5.75 Å². The zero-order chi connectivity index (χ0) is 21.1. The van der Waals surface area contributed by atoms with Crippen molar-refractivity contribution in [3.8, 4) is 5.75 Å². The van der Waals surface area contributed by atoms with E-state index in [0.29, 0.717) is 36.2 Å². The minimum Gasteiger partial charge on any atom is -0.482 e. The Bertz CT molecular complexity index is 946. The Labute approximate surface area is 180 Å². The van der Waals surface area contributed by atoms with Gasteiger partial charge in [0, 0.05) is 37.4 Å². The number of fused-ring (bicyclic) bond motifs is 1. The summed E-state index contributed by atoms with van der Waals surface area (Å²) >= 11 is 6.08. The maximum Gasteiger partial charge on any atom is 0.265 e. The molecule has 158 valence electrons. The molecule has 2 heterocycles. The van der Waals surface area contributed by atoms with Gasteiger partial charge in [-0.1, -0.05) is 29.8 Å². The molecule has 30 heavy (non-hydrogen) atoms. The van der Waals surface area contributed by atoms with Gasteiger partial charge in [-0.25, -0.2) is 0 Å². The number of anilines is 2. The Hall–Kier alpha value is -2.77. The van der Waals surface area contributed by atoms with Crippen LogP contribution in [0.15, 0.2) is 42.5 Å². The second kappa shape index (κ2) is 8.93. The lowest BCUT2D eigenvalue weighted by Gasteiger charge is -2.32. The van der Waals surface area contributed by atoms with Crippen LogP contribution in [0.1, 0.15) is 5.56 Å². The van der Waals surface area contributed by atoms with E-state index in [1.54, 1.807) is 30.1 Å². The van der Waals surface area contributed by atoms with Crippen molar-refractivity contribution < 1.29 is 19.1 Å². The van der Waals surface area contributed by atoms with Gasteiger partial charge in [0.05, 0.1) is 18.9 Å². The van der Waals surface area contributed by atoms with E-state index < -0.39 is 0 Å². The fraction of sp³-hybridized carbons (Fsp3) is 0.364. The van der Waals surface area contributed by atoms with Crippen molar-refractivity contribution in [3.63, 3.8) is 0 Å². The van der Waals surface area contributed by atoms with E-state index in [-0.39, 0.29) is 25.0 Å². The number of halogens is 1. The highest BCUT2D eigenvalue weighted by Crippen LogP contribution is 2.34. The van der Waals surface area contributed by atoms with Gasteiger partial charge < -0.3 is 19.3 Å². The standard InChI is InChI=1S/C22H24ClN3O4/c1-24(13-16-4-2-3-5-18(16)25-8-10-29-11-9-25)21(27)14-26-19-12-17(23)6-7-20(19)30-15-22(26)28/h2-7,12H,8-11,13-15H2,1H3. The van der Waals surface area contributed by atoms with Crippen LogP contribution in [0.4, 0.5) is 11.4 Å². The Balaban J connectivity index is 1.48. The third-order valence-electron chi connectivity index (χ3n) is 5.33. The van der Waals surface area contributed by atoms with Crippen LogP contribution in [-0.4, -0.2) is 63.2 Å². The average Bonchev–Trinajstić information content (AvgIpc) is 2.76. The number of amides is 2. The molecular weight excluding hydrogens is 406 g/mol. The highest BCUT2D eigenvalue weighted by Gasteiger charge is 2.29. The first-order chi connectivity index (χ1) is 14.5. The molecule has 0 radical (unpaired) electrons. The van der Waals surface area contributed by atoms with Gasteiger partial charge in [0.15, 0.2) is 6.61 Å². The number of morpholine rings is 1. The van der Waals surface area contributed by atoms with Crippen LogP contribution in [0.3, 0.4) is 0 Å². The summed E-state index contributed by atoms with van der Waals surface area (Å²) in [5.74, 6) is 0.125. The summed E-state index contributed by atoms with van der Waals surface area (Å²) in [6.07, 6.45) is 0. The van der Waals surface area contributed by atoms with Crippen molar-refractivity contribution in [2.75, 3.05) is 56.3 Å². The summed E-state index contributed by atoms with van der Waals surface area (Å²) in [5, 5.41) is 0.484. The number of nitrogens with zero attached hydrogens (tertiary/aromatic N) is 3. The number of carbonyl (C=O) groups is 2. The van der Waals surface area contributed by atoms with E-state index in [1.165, 1.54) is 4.90 Å². The van der Waals surface area contributed by atoms with E-state index in [1.807, 2.05) is 18.2 Å². The second-order valence-electron chi connectivity index (χ2n) is 7.36. The number of ether oxygens (including phenoxy) is 2. The number of carbonyl (C=O) groups excluding carboxylic acids is 2. The number of hydrogen-bond donors (Lipinski definition) is 0. The molecule has 1 saturated heterocycles. The van der Waals surface area contributed by atoms with Crippen LogP contribution < -0.4 is 14.5 Å². The fourth-order valence-electron chi connectivity index (χ4n) is 3.71. The molecule has 2 aliphatic rings. The van der Waals surface area contributed by atoms with E-state index in [9.17, 15) is 9.59 Å². The fourth-order valence-corrected chi connectivity index (χ4v) is 3.87. The molecule has 0 atom stereocenters. The molecule has 1 fully saturated rings. The molecule has 0 aromatic heterocycles. The summed E-state index contributed by atoms with van der Waals surface area (Å²) in [4.78, 5) is 30.7. The highest BCUT2D eigenvalue weighted by atomic mass is 35.5. The third kappa shape index (κ3) is 4.37. The number of hydrogen-bond acceptors (Lipinski definition) is 5. The quantitative estimate of drug-likeness (QED) is 0.731. The topological polar surface area (TPSA) is 62.3 Å². The summed E-state index contributed by atoms with van der Waals surface area (Å²) in [6, 6.07) is 13.1. The van der Waals surface area contributed by atoms with Crippen LogP contribution in [-0.2, 0) is 20.9 Å². The van der Waals surface area contributed by atoms with Crippen molar-refractivity contribution in [2.24, 2.45) is 0 Å². The zero-order valence-corrected chi connectivity index (χ0v) is 17.6. The summed E-state index contributed by atoms with van der Waals surface area (Å²) < 4.78 is 10.9. The highest BCUT2D eigenvalue weighted by molar-refractivity contribution is 6.31. The molecule has 2 aromatic rings. The second-order valence-corrected chi connectivity index (χ2v) is 7.79. The Morgan fingerprint density at radius 1 is 1.13 bits per heavy atom. The number of benzene rings is 2. The summed E-state index contributed by atoms with van der Waals surface area (Å²) in [7, 11) is 1.75. The molecule has 0 saturated carbocycles. The molecule has 2 aliphatic heterocycles. The number of likely N-dealkylation sites (N-methyl/N-ethyl adjacent to an activating group) is 1. The lowest BCUT2D eigenvalue weighted by molar-refractivity contribution is -0.131. The molecule has 0 bridgehead atoms. The maximum atomic E-state index is 13.0. The first-order valence-corrected chi connectivity index (χ1v) is 10.3. The molecule has 2 amide bonds. The van der Waals surface area contributed by atoms with Crippen molar-refractivity contribution in [2.45, 2.75) is 6.54 Å². The summed E-state index contributed by atoms with van der Waals surface area (Å²) in [6.45, 7) is 3.35. The van der Waals surface area contributed by atoms with Crippen LogP contribution >= 0.6 is 11.6 Å². The Morgan fingerprint density at radius 2 is 1.90 bits per heavy atom. The SMILES string of the molecule is CN(Cc1ccccc1N1CCOCC1)C(=O)CN1C(=O)COc2ccc(Cl)cc21. The van der Waals surface area contributed by atoms with E-state index >= 15 is 0 Å². The van der Waals surface area contributed by atoms with E-state index in [0.717, 1.165) is 24.3 Å². The molecule has 0 N–H and O–H groups in total. The molecule has 0 spiro atoms. The maximum absolute atomic E-state index is 13.0.